The predicted molar refractivity (Wildman–Crippen MR) is 121 cm³/mol. The summed E-state index contributed by atoms with van der Waals surface area (Å²) >= 11 is 1.41. The van der Waals surface area contributed by atoms with Crippen LogP contribution >= 0.6 is 11.3 Å². The van der Waals surface area contributed by atoms with E-state index in [0.717, 1.165) is 34.0 Å². The van der Waals surface area contributed by atoms with Gasteiger partial charge in [-0.15, -0.1) is 0 Å². The van der Waals surface area contributed by atoms with Crippen molar-refractivity contribution in [2.45, 2.75) is 52.9 Å². The van der Waals surface area contributed by atoms with E-state index in [9.17, 15) is 4.79 Å². The molecule has 156 valence electrons. The van der Waals surface area contributed by atoms with Crippen molar-refractivity contribution in [3.8, 4) is 11.6 Å². The summed E-state index contributed by atoms with van der Waals surface area (Å²) in [5, 5.41) is 4.01. The monoisotopic (exact) mass is 421 g/mol. The number of thiazole rings is 1. The summed E-state index contributed by atoms with van der Waals surface area (Å²) in [5.74, 6) is 1.43. The summed E-state index contributed by atoms with van der Waals surface area (Å²) < 4.78 is 6.23. The molecule has 0 radical (unpaired) electrons. The van der Waals surface area contributed by atoms with Gasteiger partial charge in [0.05, 0.1) is 10.6 Å². The topological polar surface area (TPSA) is 64.1 Å². The maximum absolute atomic E-state index is 12.5. The van der Waals surface area contributed by atoms with Gasteiger partial charge in [0.25, 0.3) is 0 Å². The lowest BCUT2D eigenvalue weighted by Crippen LogP contribution is -2.25. The van der Waals surface area contributed by atoms with Crippen LogP contribution in [-0.2, 0) is 11.8 Å². The van der Waals surface area contributed by atoms with Gasteiger partial charge in [0, 0.05) is 18.2 Å². The number of hydrogen-bond acceptors (Lipinski definition) is 6. The SMILES string of the molecule is CC1(C)CC(=O)c2sc(Nc3cccnc3Oc3ccccc3C(C)(C)C)nc2C1. The van der Waals surface area contributed by atoms with Gasteiger partial charge in [-0.2, -0.15) is 0 Å². The molecule has 0 unspecified atom stereocenters. The lowest BCUT2D eigenvalue weighted by atomic mass is 9.78. The number of ether oxygens (including phenoxy) is 1. The van der Waals surface area contributed by atoms with Gasteiger partial charge in [-0.3, -0.25) is 4.79 Å². The van der Waals surface area contributed by atoms with Gasteiger partial charge in [0.1, 0.15) is 11.4 Å². The van der Waals surface area contributed by atoms with Crippen LogP contribution in [0.15, 0.2) is 42.6 Å². The summed E-state index contributed by atoms with van der Waals surface area (Å²) in [6, 6.07) is 11.8. The van der Waals surface area contributed by atoms with Crippen LogP contribution in [0.1, 0.15) is 62.0 Å². The second-order valence-electron chi connectivity index (χ2n) is 9.57. The summed E-state index contributed by atoms with van der Waals surface area (Å²) in [6.07, 6.45) is 3.08. The van der Waals surface area contributed by atoms with Gasteiger partial charge in [0.15, 0.2) is 10.9 Å². The predicted octanol–water partition coefficient (Wildman–Crippen LogP) is 6.53. The van der Waals surface area contributed by atoms with E-state index in [4.69, 9.17) is 9.72 Å². The van der Waals surface area contributed by atoms with E-state index in [1.165, 1.54) is 11.3 Å². The van der Waals surface area contributed by atoms with Gasteiger partial charge in [-0.1, -0.05) is 64.2 Å². The van der Waals surface area contributed by atoms with Crippen molar-refractivity contribution in [2.75, 3.05) is 5.32 Å². The molecule has 1 aromatic carbocycles. The molecule has 2 aromatic heterocycles. The normalized spacial score (nSPS) is 15.6. The first-order valence-electron chi connectivity index (χ1n) is 10.1. The Hall–Kier alpha value is -2.73. The van der Waals surface area contributed by atoms with Crippen molar-refractivity contribution >= 4 is 27.9 Å². The Bertz CT molecular complexity index is 1100. The first-order valence-corrected chi connectivity index (χ1v) is 11.0. The highest BCUT2D eigenvalue weighted by Crippen LogP contribution is 2.40. The molecule has 1 aliphatic carbocycles. The molecule has 0 atom stereocenters. The number of rotatable bonds is 4. The third-order valence-electron chi connectivity index (χ3n) is 5.15. The molecule has 0 fully saturated rings. The lowest BCUT2D eigenvalue weighted by Gasteiger charge is -2.26. The van der Waals surface area contributed by atoms with Crippen LogP contribution in [0.25, 0.3) is 0 Å². The Kier molecular flexibility index (Phi) is 5.14. The van der Waals surface area contributed by atoms with E-state index in [1.807, 2.05) is 30.3 Å². The number of fused-ring (bicyclic) bond motifs is 1. The Morgan fingerprint density at radius 3 is 2.63 bits per heavy atom. The highest BCUT2D eigenvalue weighted by molar-refractivity contribution is 7.17. The molecule has 30 heavy (non-hydrogen) atoms. The van der Waals surface area contributed by atoms with Crippen LogP contribution in [0, 0.1) is 5.41 Å². The van der Waals surface area contributed by atoms with E-state index in [-0.39, 0.29) is 16.6 Å². The van der Waals surface area contributed by atoms with Gasteiger partial charge in [0.2, 0.25) is 5.88 Å². The van der Waals surface area contributed by atoms with E-state index in [2.05, 4.69) is 51.0 Å². The first kappa shape index (κ1) is 20.5. The Morgan fingerprint density at radius 1 is 1.10 bits per heavy atom. The van der Waals surface area contributed by atoms with Crippen LogP contribution < -0.4 is 10.1 Å². The largest absolute Gasteiger partial charge is 0.437 e. The quantitative estimate of drug-likeness (QED) is 0.519. The van der Waals surface area contributed by atoms with Crippen LogP contribution in [0.5, 0.6) is 11.6 Å². The third-order valence-corrected chi connectivity index (χ3v) is 6.20. The molecule has 0 saturated carbocycles. The summed E-state index contributed by atoms with van der Waals surface area (Å²) in [7, 11) is 0. The molecule has 2 heterocycles. The van der Waals surface area contributed by atoms with Gasteiger partial charge < -0.3 is 10.1 Å². The molecule has 0 aliphatic heterocycles. The number of carbonyl (C=O) groups is 1. The van der Waals surface area contributed by atoms with E-state index < -0.39 is 0 Å². The number of carbonyl (C=O) groups excluding carboxylic acids is 1. The second kappa shape index (κ2) is 7.51. The van der Waals surface area contributed by atoms with Crippen molar-refractivity contribution in [1.29, 1.82) is 0 Å². The third kappa shape index (κ3) is 4.24. The fourth-order valence-electron chi connectivity index (χ4n) is 3.74. The average molecular weight is 422 g/mol. The highest BCUT2D eigenvalue weighted by Gasteiger charge is 2.34. The second-order valence-corrected chi connectivity index (χ2v) is 10.6. The highest BCUT2D eigenvalue weighted by atomic mass is 32.1. The first-order chi connectivity index (χ1) is 14.1. The molecule has 5 nitrogen and oxygen atoms in total. The number of para-hydroxylation sites is 1. The number of benzene rings is 1. The van der Waals surface area contributed by atoms with Gasteiger partial charge in [-0.05, 0) is 35.4 Å². The maximum Gasteiger partial charge on any atom is 0.243 e. The van der Waals surface area contributed by atoms with Crippen LogP contribution in [0.3, 0.4) is 0 Å². The Morgan fingerprint density at radius 2 is 1.87 bits per heavy atom. The van der Waals surface area contributed by atoms with E-state index in [1.54, 1.807) is 6.20 Å². The zero-order valence-corrected chi connectivity index (χ0v) is 18.9. The summed E-state index contributed by atoms with van der Waals surface area (Å²) in [5.41, 5.74) is 2.61. The molecule has 6 heteroatoms. The molecule has 0 bridgehead atoms. The number of pyridine rings is 1. The van der Waals surface area contributed by atoms with Crippen molar-refractivity contribution in [1.82, 2.24) is 9.97 Å². The smallest absolute Gasteiger partial charge is 0.243 e. The van der Waals surface area contributed by atoms with Crippen LogP contribution in [0.2, 0.25) is 0 Å². The summed E-state index contributed by atoms with van der Waals surface area (Å²) in [4.78, 5) is 22.4. The molecule has 1 N–H and O–H groups in total. The molecule has 3 aromatic rings. The number of nitrogens with one attached hydrogen (secondary N) is 1. The number of ketones is 1. The Balaban J connectivity index is 1.63. The molecule has 4 rings (SSSR count). The van der Waals surface area contributed by atoms with E-state index in [0.29, 0.717) is 17.4 Å². The minimum Gasteiger partial charge on any atom is -0.437 e. The fourth-order valence-corrected chi connectivity index (χ4v) is 4.67. The number of aromatic nitrogens is 2. The minimum atomic E-state index is -0.0551. The Labute approximate surface area is 181 Å². The van der Waals surface area contributed by atoms with Gasteiger partial charge in [-0.25, -0.2) is 9.97 Å². The average Bonchev–Trinajstić information content (AvgIpc) is 3.04. The van der Waals surface area contributed by atoms with Crippen LogP contribution in [-0.4, -0.2) is 15.8 Å². The number of anilines is 2. The van der Waals surface area contributed by atoms with Crippen molar-refractivity contribution in [2.24, 2.45) is 5.41 Å². The van der Waals surface area contributed by atoms with Crippen LogP contribution in [0.4, 0.5) is 10.8 Å². The standard InChI is InChI=1S/C24H27N3O2S/c1-23(2,3)15-9-6-7-11-19(15)29-21-16(10-8-12-25-21)26-22-27-17-13-24(4,5)14-18(28)20(17)30-22/h6-12H,13-14H2,1-5H3,(H,26,27). The lowest BCUT2D eigenvalue weighted by molar-refractivity contribution is 0.0916. The number of Topliss-reactive ketones (excluding diaryl/α,β-unsaturated/α-hetero) is 1. The maximum atomic E-state index is 12.5. The number of hydrogen-bond donors (Lipinski definition) is 1. The zero-order chi connectivity index (χ0) is 21.5. The van der Waals surface area contributed by atoms with Gasteiger partial charge >= 0.3 is 0 Å². The van der Waals surface area contributed by atoms with Crippen molar-refractivity contribution in [3.63, 3.8) is 0 Å². The molecular weight excluding hydrogens is 394 g/mol. The molecule has 0 amide bonds. The molecule has 1 aliphatic rings. The molecule has 0 saturated heterocycles. The number of nitrogens with zero attached hydrogens (tertiary/aromatic N) is 2. The summed E-state index contributed by atoms with van der Waals surface area (Å²) in [6.45, 7) is 10.7. The minimum absolute atomic E-state index is 0.0470. The fraction of sp³-hybridized carbons (Fsp3) is 0.375. The molecule has 0 spiro atoms. The van der Waals surface area contributed by atoms with Crippen molar-refractivity contribution < 1.29 is 9.53 Å². The van der Waals surface area contributed by atoms with Crippen molar-refractivity contribution in [3.05, 3.63) is 58.7 Å². The van der Waals surface area contributed by atoms with E-state index >= 15 is 0 Å². The molecular formula is C24H27N3O2S. The zero-order valence-electron chi connectivity index (χ0n) is 18.1.